The molecule has 0 aliphatic rings. The highest BCUT2D eigenvalue weighted by Gasteiger charge is 2.12. The van der Waals surface area contributed by atoms with E-state index in [4.69, 9.17) is 4.74 Å². The van der Waals surface area contributed by atoms with Crippen LogP contribution in [0.2, 0.25) is 0 Å². The first-order valence-electron chi connectivity index (χ1n) is 6.38. The zero-order valence-corrected chi connectivity index (χ0v) is 11.8. The van der Waals surface area contributed by atoms with Crippen molar-refractivity contribution in [2.45, 2.75) is 19.9 Å². The second-order valence-corrected chi connectivity index (χ2v) is 4.75. The maximum Gasteiger partial charge on any atom is 0.269 e. The van der Waals surface area contributed by atoms with E-state index in [1.807, 2.05) is 50.2 Å². The molecule has 0 saturated heterocycles. The lowest BCUT2D eigenvalue weighted by Crippen LogP contribution is -2.24. The maximum absolute atomic E-state index is 12.3. The van der Waals surface area contributed by atoms with Crippen molar-refractivity contribution in [3.8, 4) is 22.9 Å². The minimum Gasteiger partial charge on any atom is -0.497 e. The summed E-state index contributed by atoms with van der Waals surface area (Å²) >= 11 is 0. The zero-order valence-electron chi connectivity index (χ0n) is 11.8. The second kappa shape index (κ2) is 5.62. The normalized spacial score (nSPS) is 10.3. The quantitative estimate of drug-likeness (QED) is 0.860. The van der Waals surface area contributed by atoms with Gasteiger partial charge >= 0.3 is 0 Å². The molecular weight excluding hydrogens is 252 g/mol. The van der Waals surface area contributed by atoms with Gasteiger partial charge in [-0.25, -0.2) is 0 Å². The van der Waals surface area contributed by atoms with Gasteiger partial charge in [-0.05, 0) is 37.6 Å². The Labute approximate surface area is 117 Å². The van der Waals surface area contributed by atoms with Crippen LogP contribution in [0.25, 0.3) is 11.1 Å². The van der Waals surface area contributed by atoms with E-state index in [-0.39, 0.29) is 17.2 Å². The molecule has 102 valence electrons. The van der Waals surface area contributed by atoms with Crippen molar-refractivity contribution in [2.75, 3.05) is 7.11 Å². The maximum atomic E-state index is 12.3. The van der Waals surface area contributed by atoms with Gasteiger partial charge in [0.05, 0.1) is 7.11 Å². The highest BCUT2D eigenvalue weighted by molar-refractivity contribution is 5.70. The molecule has 4 heteroatoms. The Morgan fingerprint density at radius 2 is 1.85 bits per heavy atom. The molecule has 4 nitrogen and oxygen atoms in total. The molecule has 0 spiro atoms. The fourth-order valence-electron chi connectivity index (χ4n) is 2.08. The summed E-state index contributed by atoms with van der Waals surface area (Å²) in [6.07, 6.45) is 1.73. The molecule has 0 radical (unpaired) electrons. The van der Waals surface area contributed by atoms with Crippen LogP contribution in [0.3, 0.4) is 0 Å². The Balaban J connectivity index is 2.60. The Bertz CT molecular complexity index is 707. The first-order chi connectivity index (χ1) is 9.58. The molecule has 0 unspecified atom stereocenters. The topological polar surface area (TPSA) is 55.0 Å². The fourth-order valence-corrected chi connectivity index (χ4v) is 2.08. The van der Waals surface area contributed by atoms with E-state index >= 15 is 0 Å². The summed E-state index contributed by atoms with van der Waals surface area (Å²) in [5.74, 6) is 0.739. The van der Waals surface area contributed by atoms with Gasteiger partial charge in [-0.1, -0.05) is 12.1 Å². The number of benzene rings is 1. The molecule has 0 N–H and O–H groups in total. The van der Waals surface area contributed by atoms with Crippen LogP contribution in [-0.4, -0.2) is 11.7 Å². The predicted octanol–water partition coefficient (Wildman–Crippen LogP) is 2.98. The Hall–Kier alpha value is -2.54. The first kappa shape index (κ1) is 13.9. The van der Waals surface area contributed by atoms with Gasteiger partial charge in [0, 0.05) is 17.8 Å². The molecule has 0 fully saturated rings. The monoisotopic (exact) mass is 268 g/mol. The van der Waals surface area contributed by atoms with E-state index < -0.39 is 0 Å². The summed E-state index contributed by atoms with van der Waals surface area (Å²) in [6.45, 7) is 3.82. The Morgan fingerprint density at radius 1 is 1.20 bits per heavy atom. The van der Waals surface area contributed by atoms with Crippen LogP contribution in [-0.2, 0) is 0 Å². The minimum absolute atomic E-state index is 0.0273. The summed E-state index contributed by atoms with van der Waals surface area (Å²) in [5.41, 5.74) is 1.40. The van der Waals surface area contributed by atoms with Gasteiger partial charge in [0.25, 0.3) is 5.56 Å². The highest BCUT2D eigenvalue weighted by atomic mass is 16.5. The third-order valence-corrected chi connectivity index (χ3v) is 3.19. The van der Waals surface area contributed by atoms with E-state index in [1.165, 1.54) is 0 Å². The molecular formula is C16H16N2O2. The number of nitrogens with zero attached hydrogens (tertiary/aromatic N) is 2. The molecule has 1 heterocycles. The summed E-state index contributed by atoms with van der Waals surface area (Å²) in [5, 5.41) is 9.28. The van der Waals surface area contributed by atoms with Crippen LogP contribution in [0.4, 0.5) is 0 Å². The molecule has 0 saturated carbocycles. The van der Waals surface area contributed by atoms with E-state index in [0.29, 0.717) is 5.56 Å². The largest absolute Gasteiger partial charge is 0.497 e. The Morgan fingerprint density at radius 3 is 2.35 bits per heavy atom. The Kier molecular flexibility index (Phi) is 3.90. The van der Waals surface area contributed by atoms with Gasteiger partial charge in [0.2, 0.25) is 0 Å². The minimum atomic E-state index is -0.254. The third kappa shape index (κ3) is 2.43. The average Bonchev–Trinajstić information content (AvgIpc) is 2.46. The fraction of sp³-hybridized carbons (Fsp3) is 0.250. The van der Waals surface area contributed by atoms with Crippen LogP contribution < -0.4 is 10.3 Å². The number of hydrogen-bond donors (Lipinski definition) is 0. The SMILES string of the molecule is COc1ccc(-c2ccn(C(C)C)c(=O)c2C#N)cc1. The number of nitriles is 1. The standard InChI is InChI=1S/C16H16N2O2/c1-11(2)18-9-8-14(15(10-17)16(18)19)12-4-6-13(20-3)7-5-12/h4-9,11H,1-3H3. The van der Waals surface area contributed by atoms with Crippen molar-refractivity contribution >= 4 is 0 Å². The van der Waals surface area contributed by atoms with Crippen molar-refractivity contribution < 1.29 is 4.74 Å². The van der Waals surface area contributed by atoms with Crippen molar-refractivity contribution in [2.24, 2.45) is 0 Å². The smallest absolute Gasteiger partial charge is 0.269 e. The summed E-state index contributed by atoms with van der Waals surface area (Å²) in [4.78, 5) is 12.3. The summed E-state index contributed by atoms with van der Waals surface area (Å²) in [7, 11) is 1.60. The van der Waals surface area contributed by atoms with E-state index in [1.54, 1.807) is 17.9 Å². The van der Waals surface area contributed by atoms with Gasteiger partial charge in [-0.15, -0.1) is 0 Å². The number of methoxy groups -OCH3 is 1. The third-order valence-electron chi connectivity index (χ3n) is 3.19. The molecule has 2 aromatic rings. The molecule has 0 atom stereocenters. The van der Waals surface area contributed by atoms with Crippen molar-refractivity contribution in [3.63, 3.8) is 0 Å². The van der Waals surface area contributed by atoms with Crippen molar-refractivity contribution in [1.29, 1.82) is 5.26 Å². The second-order valence-electron chi connectivity index (χ2n) is 4.75. The van der Waals surface area contributed by atoms with Crippen LogP contribution in [0.15, 0.2) is 41.3 Å². The number of aromatic nitrogens is 1. The van der Waals surface area contributed by atoms with E-state index in [0.717, 1.165) is 11.3 Å². The van der Waals surface area contributed by atoms with Gasteiger partial charge in [-0.2, -0.15) is 5.26 Å². The van der Waals surface area contributed by atoms with Gasteiger partial charge in [0.15, 0.2) is 0 Å². The highest BCUT2D eigenvalue weighted by Crippen LogP contribution is 2.24. The lowest BCUT2D eigenvalue weighted by Gasteiger charge is -2.12. The van der Waals surface area contributed by atoms with Crippen LogP contribution in [0.5, 0.6) is 5.75 Å². The number of pyridine rings is 1. The molecule has 2 rings (SSSR count). The predicted molar refractivity (Wildman–Crippen MR) is 77.8 cm³/mol. The number of rotatable bonds is 3. The van der Waals surface area contributed by atoms with Crippen LogP contribution in [0.1, 0.15) is 25.5 Å². The summed E-state index contributed by atoms with van der Waals surface area (Å²) in [6, 6.07) is 11.2. The number of ether oxygens (including phenoxy) is 1. The van der Waals surface area contributed by atoms with Gasteiger partial charge < -0.3 is 9.30 Å². The lowest BCUT2D eigenvalue weighted by atomic mass is 10.0. The average molecular weight is 268 g/mol. The number of hydrogen-bond acceptors (Lipinski definition) is 3. The first-order valence-corrected chi connectivity index (χ1v) is 6.38. The van der Waals surface area contributed by atoms with E-state index in [9.17, 15) is 10.1 Å². The van der Waals surface area contributed by atoms with Crippen molar-refractivity contribution in [1.82, 2.24) is 4.57 Å². The molecule has 0 aliphatic heterocycles. The van der Waals surface area contributed by atoms with Gasteiger partial charge in [0.1, 0.15) is 17.4 Å². The van der Waals surface area contributed by atoms with Gasteiger partial charge in [-0.3, -0.25) is 4.79 Å². The molecule has 20 heavy (non-hydrogen) atoms. The summed E-state index contributed by atoms with van der Waals surface area (Å²) < 4.78 is 6.67. The molecule has 0 amide bonds. The van der Waals surface area contributed by atoms with Crippen LogP contribution in [0, 0.1) is 11.3 Å². The molecule has 0 aliphatic carbocycles. The lowest BCUT2D eigenvalue weighted by molar-refractivity contribution is 0.415. The van der Waals surface area contributed by atoms with Crippen LogP contribution >= 0.6 is 0 Å². The molecule has 1 aromatic heterocycles. The zero-order chi connectivity index (χ0) is 14.7. The molecule has 1 aromatic carbocycles. The van der Waals surface area contributed by atoms with Crippen molar-refractivity contribution in [3.05, 3.63) is 52.4 Å². The molecule has 0 bridgehead atoms. The van der Waals surface area contributed by atoms with E-state index in [2.05, 4.69) is 0 Å².